The lowest BCUT2D eigenvalue weighted by molar-refractivity contribution is -0.138. The number of aryl methyl sites for hydroxylation is 1. The Morgan fingerprint density at radius 2 is 1.90 bits per heavy atom. The molecule has 0 bridgehead atoms. The number of anilines is 1. The van der Waals surface area contributed by atoms with Gasteiger partial charge in [0, 0.05) is 34.9 Å². The van der Waals surface area contributed by atoms with Gasteiger partial charge in [-0.25, -0.2) is 4.79 Å². The zero-order valence-electron chi connectivity index (χ0n) is 23.5. The molecule has 2 heterocycles. The molecule has 3 aliphatic rings. The highest BCUT2D eigenvalue weighted by Gasteiger charge is 2.49. The second kappa shape index (κ2) is 9.82. The van der Waals surface area contributed by atoms with Crippen molar-refractivity contribution in [1.82, 2.24) is 19.7 Å². The van der Waals surface area contributed by atoms with Crippen LogP contribution >= 0.6 is 15.9 Å². The minimum Gasteiger partial charge on any atom is -0.465 e. The summed E-state index contributed by atoms with van der Waals surface area (Å²) < 4.78 is 45.7. The summed E-state index contributed by atoms with van der Waals surface area (Å²) >= 11 is 3.57. The molecule has 0 atom stereocenters. The van der Waals surface area contributed by atoms with E-state index in [4.69, 9.17) is 0 Å². The van der Waals surface area contributed by atoms with Crippen molar-refractivity contribution in [2.24, 2.45) is 13.0 Å². The number of alkyl halides is 3. The number of aromatic nitrogens is 3. The van der Waals surface area contributed by atoms with Gasteiger partial charge in [0.1, 0.15) is 12.2 Å². The quantitative estimate of drug-likeness (QED) is 0.315. The van der Waals surface area contributed by atoms with Gasteiger partial charge in [0.2, 0.25) is 0 Å². The Morgan fingerprint density at radius 3 is 2.45 bits per heavy atom. The monoisotopic (exact) mass is 645 g/mol. The maximum Gasteiger partial charge on any atom is 0.416 e. The second-order valence-corrected chi connectivity index (χ2v) is 13.3. The SMILES string of the molecule is CC1CC(c2cc(Br)cc(N3Cc4c(cc(CN(C(=O)O)C5(C)CCC5)cc4C(F)(F)F)C3=O)c2)(c2nncn2C)C1. The van der Waals surface area contributed by atoms with E-state index in [-0.39, 0.29) is 29.8 Å². The lowest BCUT2D eigenvalue weighted by Crippen LogP contribution is -2.53. The summed E-state index contributed by atoms with van der Waals surface area (Å²) in [6.07, 6.45) is -0.475. The van der Waals surface area contributed by atoms with Gasteiger partial charge in [-0.05, 0) is 92.0 Å². The van der Waals surface area contributed by atoms with E-state index in [1.807, 2.05) is 23.7 Å². The first-order chi connectivity index (χ1) is 19.7. The minimum atomic E-state index is -4.72. The summed E-state index contributed by atoms with van der Waals surface area (Å²) in [7, 11) is 1.88. The van der Waals surface area contributed by atoms with Crippen molar-refractivity contribution in [3.8, 4) is 0 Å². The van der Waals surface area contributed by atoms with E-state index in [0.717, 1.165) is 36.7 Å². The molecule has 1 aromatic heterocycles. The first-order valence-corrected chi connectivity index (χ1v) is 14.7. The number of carbonyl (C=O) groups is 2. The van der Waals surface area contributed by atoms with Crippen LogP contribution in [0.4, 0.5) is 23.7 Å². The summed E-state index contributed by atoms with van der Waals surface area (Å²) in [5.74, 6) is 0.697. The molecular formula is C30H31BrF3N5O3. The zero-order chi connectivity index (χ0) is 30.2. The molecule has 2 fully saturated rings. The Morgan fingerprint density at radius 1 is 1.19 bits per heavy atom. The average molecular weight is 647 g/mol. The molecule has 0 unspecified atom stereocenters. The Labute approximate surface area is 249 Å². The highest BCUT2D eigenvalue weighted by molar-refractivity contribution is 9.10. The number of carbonyl (C=O) groups excluding carboxylic acids is 1. The first-order valence-electron chi connectivity index (χ1n) is 13.9. The van der Waals surface area contributed by atoms with Crippen LogP contribution in [0.3, 0.4) is 0 Å². The minimum absolute atomic E-state index is 0.0502. The standard InChI is InChI=1S/C30H31BrF3N5O3/c1-17-12-29(13-17,26-36-35-16-37(26)3)19-9-20(31)11-21(10-19)38-15-23-22(25(38)40)7-18(8-24(23)30(32,33)34)14-39(27(41)42)28(2)5-4-6-28/h7-11,16-17H,4-6,12-15H2,1-3H3,(H,41,42). The second-order valence-electron chi connectivity index (χ2n) is 12.3. The molecule has 0 saturated heterocycles. The van der Waals surface area contributed by atoms with Gasteiger partial charge in [-0.2, -0.15) is 13.2 Å². The molecule has 3 aromatic rings. The predicted octanol–water partition coefficient (Wildman–Crippen LogP) is 6.90. The van der Waals surface area contributed by atoms with Gasteiger partial charge in [0.15, 0.2) is 0 Å². The van der Waals surface area contributed by atoms with Crippen molar-refractivity contribution < 1.29 is 27.9 Å². The fourth-order valence-electron chi connectivity index (χ4n) is 7.05. The van der Waals surface area contributed by atoms with Crippen LogP contribution < -0.4 is 4.90 Å². The zero-order valence-corrected chi connectivity index (χ0v) is 25.1. The van der Waals surface area contributed by atoms with E-state index in [1.165, 1.54) is 15.9 Å². The van der Waals surface area contributed by atoms with E-state index >= 15 is 0 Å². The van der Waals surface area contributed by atoms with Crippen molar-refractivity contribution >= 4 is 33.6 Å². The molecule has 2 aromatic carbocycles. The van der Waals surface area contributed by atoms with Crippen LogP contribution in [0.1, 0.15) is 84.4 Å². The van der Waals surface area contributed by atoms with Gasteiger partial charge < -0.3 is 14.6 Å². The van der Waals surface area contributed by atoms with E-state index in [1.54, 1.807) is 19.3 Å². The van der Waals surface area contributed by atoms with Crippen molar-refractivity contribution in [2.75, 3.05) is 4.90 Å². The summed E-state index contributed by atoms with van der Waals surface area (Å²) in [6.45, 7) is 3.49. The molecular weight excluding hydrogens is 615 g/mol. The molecule has 2 aliphatic carbocycles. The Kier molecular flexibility index (Phi) is 6.71. The third-order valence-corrected chi connectivity index (χ3v) is 9.80. The molecule has 2 saturated carbocycles. The number of amides is 2. The molecule has 0 spiro atoms. The number of hydrogen-bond donors (Lipinski definition) is 1. The normalized spacial score (nSPS) is 22.9. The van der Waals surface area contributed by atoms with Crippen LogP contribution in [0, 0.1) is 5.92 Å². The van der Waals surface area contributed by atoms with Crippen LogP contribution in [-0.2, 0) is 31.7 Å². The van der Waals surface area contributed by atoms with Crippen LogP contribution in [0.2, 0.25) is 0 Å². The smallest absolute Gasteiger partial charge is 0.416 e. The molecule has 1 aliphatic heterocycles. The topological polar surface area (TPSA) is 91.6 Å². The molecule has 12 heteroatoms. The van der Waals surface area contributed by atoms with Gasteiger partial charge >= 0.3 is 12.3 Å². The van der Waals surface area contributed by atoms with E-state index in [2.05, 4.69) is 33.1 Å². The van der Waals surface area contributed by atoms with Gasteiger partial charge in [-0.1, -0.05) is 22.9 Å². The van der Waals surface area contributed by atoms with E-state index in [9.17, 15) is 27.9 Å². The molecule has 222 valence electrons. The number of nitrogens with zero attached hydrogens (tertiary/aromatic N) is 5. The maximum atomic E-state index is 14.4. The van der Waals surface area contributed by atoms with E-state index in [0.29, 0.717) is 28.9 Å². The number of halogens is 4. The third kappa shape index (κ3) is 4.58. The molecule has 8 nitrogen and oxygen atoms in total. The molecule has 42 heavy (non-hydrogen) atoms. The summed E-state index contributed by atoms with van der Waals surface area (Å²) in [6, 6.07) is 8.00. The maximum absolute atomic E-state index is 14.4. The lowest BCUT2D eigenvalue weighted by atomic mass is 9.58. The van der Waals surface area contributed by atoms with Crippen molar-refractivity contribution in [2.45, 2.75) is 76.2 Å². The van der Waals surface area contributed by atoms with Crippen LogP contribution in [0.5, 0.6) is 0 Å². The fraction of sp³-hybridized carbons (Fsp3) is 0.467. The summed E-state index contributed by atoms with van der Waals surface area (Å²) in [4.78, 5) is 28.4. The molecule has 1 N–H and O–H groups in total. The Hall–Kier alpha value is -3.41. The summed E-state index contributed by atoms with van der Waals surface area (Å²) in [5.41, 5.74) is -0.594. The van der Waals surface area contributed by atoms with Crippen molar-refractivity contribution in [1.29, 1.82) is 0 Å². The highest BCUT2D eigenvalue weighted by atomic mass is 79.9. The number of rotatable bonds is 6. The van der Waals surface area contributed by atoms with Gasteiger partial charge in [-0.15, -0.1) is 10.2 Å². The van der Waals surface area contributed by atoms with Gasteiger partial charge in [0.25, 0.3) is 5.91 Å². The molecule has 6 rings (SSSR count). The number of benzene rings is 2. The number of carboxylic acid groups (broad SMARTS) is 1. The Bertz CT molecular complexity index is 1590. The number of hydrogen-bond acceptors (Lipinski definition) is 4. The largest absolute Gasteiger partial charge is 0.465 e. The van der Waals surface area contributed by atoms with Crippen molar-refractivity contribution in [3.63, 3.8) is 0 Å². The van der Waals surface area contributed by atoms with Crippen LogP contribution in [0.15, 0.2) is 41.1 Å². The molecule has 0 radical (unpaired) electrons. The number of fused-ring (bicyclic) bond motifs is 1. The average Bonchev–Trinajstić information content (AvgIpc) is 3.45. The third-order valence-electron chi connectivity index (χ3n) is 9.34. The Balaban J connectivity index is 1.39. The molecule has 2 amide bonds. The van der Waals surface area contributed by atoms with Crippen molar-refractivity contribution in [3.05, 3.63) is 74.8 Å². The van der Waals surface area contributed by atoms with Crippen LogP contribution in [-0.4, -0.2) is 42.3 Å². The van der Waals surface area contributed by atoms with Gasteiger partial charge in [-0.3, -0.25) is 9.69 Å². The lowest BCUT2D eigenvalue weighted by Gasteiger charge is -2.46. The first kappa shape index (κ1) is 28.7. The van der Waals surface area contributed by atoms with E-state index < -0.39 is 34.7 Å². The summed E-state index contributed by atoms with van der Waals surface area (Å²) in [5, 5.41) is 18.3. The predicted molar refractivity (Wildman–Crippen MR) is 152 cm³/mol. The van der Waals surface area contributed by atoms with Crippen LogP contribution in [0.25, 0.3) is 0 Å². The fourth-order valence-corrected chi connectivity index (χ4v) is 7.53. The highest BCUT2D eigenvalue weighted by Crippen LogP contribution is 2.53. The van der Waals surface area contributed by atoms with Gasteiger partial charge in [0.05, 0.1) is 17.5 Å².